The lowest BCUT2D eigenvalue weighted by atomic mass is 10.0. The van der Waals surface area contributed by atoms with Crippen LogP contribution in [-0.2, 0) is 9.47 Å². The largest absolute Gasteiger partial charge is 0.383 e. The van der Waals surface area contributed by atoms with E-state index in [9.17, 15) is 0 Å². The molecule has 0 spiro atoms. The molecule has 0 amide bonds. The van der Waals surface area contributed by atoms with Crippen molar-refractivity contribution in [2.24, 2.45) is 5.84 Å². The van der Waals surface area contributed by atoms with Crippen LogP contribution in [-0.4, -0.2) is 32.5 Å². The molecule has 4 heteroatoms. The van der Waals surface area contributed by atoms with Gasteiger partial charge in [0.05, 0.1) is 12.7 Å². The van der Waals surface area contributed by atoms with Crippen LogP contribution in [0.15, 0.2) is 0 Å². The predicted octanol–water partition coefficient (Wildman–Crippen LogP) is 0.814. The van der Waals surface area contributed by atoms with Gasteiger partial charge in [-0.15, -0.1) is 0 Å². The second-order valence-corrected chi connectivity index (χ2v) is 3.88. The maximum absolute atomic E-state index is 5.64. The van der Waals surface area contributed by atoms with Crippen LogP contribution in [0.25, 0.3) is 0 Å². The minimum Gasteiger partial charge on any atom is -0.383 e. The van der Waals surface area contributed by atoms with Gasteiger partial charge in [0.2, 0.25) is 0 Å². The fourth-order valence-corrected chi connectivity index (χ4v) is 1.84. The van der Waals surface area contributed by atoms with Gasteiger partial charge in [-0.1, -0.05) is 0 Å². The molecule has 14 heavy (non-hydrogen) atoms. The minimum atomic E-state index is 0.255. The summed E-state index contributed by atoms with van der Waals surface area (Å²) in [6.45, 7) is 1.60. The average molecular weight is 202 g/mol. The van der Waals surface area contributed by atoms with Gasteiger partial charge in [-0.05, 0) is 32.1 Å². The maximum Gasteiger partial charge on any atom is 0.0629 e. The molecule has 1 saturated heterocycles. The molecule has 1 aliphatic heterocycles. The molecule has 1 fully saturated rings. The van der Waals surface area contributed by atoms with Crippen molar-refractivity contribution in [2.45, 2.75) is 44.2 Å². The molecule has 2 atom stereocenters. The zero-order valence-electron chi connectivity index (χ0n) is 9.00. The molecule has 1 rings (SSSR count). The Morgan fingerprint density at radius 2 is 2.43 bits per heavy atom. The Morgan fingerprint density at radius 1 is 1.57 bits per heavy atom. The van der Waals surface area contributed by atoms with Crippen molar-refractivity contribution in [3.05, 3.63) is 0 Å². The molecule has 0 bridgehead atoms. The third-order valence-corrected chi connectivity index (χ3v) is 2.71. The van der Waals surface area contributed by atoms with Crippen molar-refractivity contribution in [2.75, 3.05) is 20.3 Å². The Morgan fingerprint density at radius 3 is 3.00 bits per heavy atom. The fourth-order valence-electron chi connectivity index (χ4n) is 1.84. The zero-order valence-corrected chi connectivity index (χ0v) is 9.00. The summed E-state index contributed by atoms with van der Waals surface area (Å²) < 4.78 is 10.7. The van der Waals surface area contributed by atoms with Gasteiger partial charge in [-0.25, -0.2) is 0 Å². The number of nitrogens with one attached hydrogen (secondary N) is 1. The summed E-state index contributed by atoms with van der Waals surface area (Å²) >= 11 is 0. The van der Waals surface area contributed by atoms with Gasteiger partial charge >= 0.3 is 0 Å². The van der Waals surface area contributed by atoms with Gasteiger partial charge in [0.25, 0.3) is 0 Å². The summed E-state index contributed by atoms with van der Waals surface area (Å²) in [5.74, 6) is 5.40. The van der Waals surface area contributed by atoms with E-state index >= 15 is 0 Å². The van der Waals surface area contributed by atoms with Gasteiger partial charge in [0.15, 0.2) is 0 Å². The second-order valence-electron chi connectivity index (χ2n) is 3.88. The third kappa shape index (κ3) is 4.37. The van der Waals surface area contributed by atoms with Gasteiger partial charge in [0, 0.05) is 19.8 Å². The van der Waals surface area contributed by atoms with Crippen molar-refractivity contribution in [3.8, 4) is 0 Å². The standard InChI is InChI=1S/C10H22N2O2/c1-13-8-9(12-11)5-6-10-4-2-3-7-14-10/h9-10,12H,2-8,11H2,1H3. The molecule has 0 saturated carbocycles. The first kappa shape index (κ1) is 11.9. The topological polar surface area (TPSA) is 56.5 Å². The number of hydrogen-bond donors (Lipinski definition) is 2. The Kier molecular flexibility index (Phi) is 6.10. The quantitative estimate of drug-likeness (QED) is 0.494. The molecule has 0 aromatic rings. The number of methoxy groups -OCH3 is 1. The number of nitrogens with two attached hydrogens (primary N) is 1. The summed E-state index contributed by atoms with van der Waals surface area (Å²) in [6.07, 6.45) is 6.26. The van der Waals surface area contributed by atoms with Crippen LogP contribution in [0.4, 0.5) is 0 Å². The first-order chi connectivity index (χ1) is 6.86. The highest BCUT2D eigenvalue weighted by Crippen LogP contribution is 2.17. The van der Waals surface area contributed by atoms with Gasteiger partial charge in [-0.3, -0.25) is 11.3 Å². The Hall–Kier alpha value is -0.160. The molecular weight excluding hydrogens is 180 g/mol. The van der Waals surface area contributed by atoms with Gasteiger partial charge < -0.3 is 9.47 Å². The van der Waals surface area contributed by atoms with E-state index in [0.29, 0.717) is 12.7 Å². The summed E-state index contributed by atoms with van der Waals surface area (Å²) in [4.78, 5) is 0. The second kappa shape index (κ2) is 7.17. The monoisotopic (exact) mass is 202 g/mol. The fraction of sp³-hybridized carbons (Fsp3) is 1.00. The normalized spacial score (nSPS) is 24.9. The molecule has 0 radical (unpaired) electrons. The molecule has 84 valence electrons. The number of ether oxygens (including phenoxy) is 2. The molecule has 3 N–H and O–H groups in total. The molecular formula is C10H22N2O2. The molecule has 0 aromatic carbocycles. The Bertz CT molecular complexity index is 133. The molecule has 1 heterocycles. The van der Waals surface area contributed by atoms with E-state index in [2.05, 4.69) is 5.43 Å². The van der Waals surface area contributed by atoms with Crippen molar-refractivity contribution in [1.82, 2.24) is 5.43 Å². The molecule has 0 aliphatic carbocycles. The smallest absolute Gasteiger partial charge is 0.0629 e. The van der Waals surface area contributed by atoms with Crippen molar-refractivity contribution in [3.63, 3.8) is 0 Å². The SMILES string of the molecule is COCC(CCC1CCCCO1)NN. The van der Waals surface area contributed by atoms with Crippen molar-refractivity contribution >= 4 is 0 Å². The summed E-state index contributed by atoms with van der Waals surface area (Å²) in [6, 6.07) is 0.255. The first-order valence-electron chi connectivity index (χ1n) is 5.43. The highest BCUT2D eigenvalue weighted by atomic mass is 16.5. The number of hydrogen-bond acceptors (Lipinski definition) is 4. The summed E-state index contributed by atoms with van der Waals surface area (Å²) in [7, 11) is 1.70. The lowest BCUT2D eigenvalue weighted by molar-refractivity contribution is 0.00692. The van der Waals surface area contributed by atoms with Crippen molar-refractivity contribution in [1.29, 1.82) is 0 Å². The zero-order chi connectivity index (χ0) is 10.2. The van der Waals surface area contributed by atoms with Gasteiger partial charge in [-0.2, -0.15) is 0 Å². The molecule has 0 aromatic heterocycles. The molecule has 4 nitrogen and oxygen atoms in total. The van der Waals surface area contributed by atoms with E-state index in [1.807, 2.05) is 0 Å². The molecule has 2 unspecified atom stereocenters. The Balaban J connectivity index is 2.10. The minimum absolute atomic E-state index is 0.255. The maximum atomic E-state index is 5.64. The van der Waals surface area contributed by atoms with Crippen molar-refractivity contribution < 1.29 is 9.47 Å². The van der Waals surface area contributed by atoms with E-state index in [4.69, 9.17) is 15.3 Å². The van der Waals surface area contributed by atoms with Gasteiger partial charge in [0.1, 0.15) is 0 Å². The van der Waals surface area contributed by atoms with E-state index in [1.165, 1.54) is 19.3 Å². The number of hydrazine groups is 1. The Labute approximate surface area is 86.1 Å². The van der Waals surface area contributed by atoms with Crippen LogP contribution in [0.2, 0.25) is 0 Å². The summed E-state index contributed by atoms with van der Waals surface area (Å²) in [5, 5.41) is 0. The highest BCUT2D eigenvalue weighted by molar-refractivity contribution is 4.69. The molecule has 1 aliphatic rings. The average Bonchev–Trinajstić information content (AvgIpc) is 2.25. The van der Waals surface area contributed by atoms with Crippen LogP contribution in [0.3, 0.4) is 0 Å². The lowest BCUT2D eigenvalue weighted by Gasteiger charge is -2.24. The highest BCUT2D eigenvalue weighted by Gasteiger charge is 2.15. The van der Waals surface area contributed by atoms with Crippen LogP contribution in [0, 0.1) is 0 Å². The van der Waals surface area contributed by atoms with Crippen LogP contribution < -0.4 is 11.3 Å². The predicted molar refractivity (Wildman–Crippen MR) is 55.8 cm³/mol. The van der Waals surface area contributed by atoms with Crippen LogP contribution in [0.5, 0.6) is 0 Å². The van der Waals surface area contributed by atoms with E-state index in [0.717, 1.165) is 19.4 Å². The third-order valence-electron chi connectivity index (χ3n) is 2.71. The van der Waals surface area contributed by atoms with E-state index in [-0.39, 0.29) is 6.04 Å². The van der Waals surface area contributed by atoms with Crippen LogP contribution >= 0.6 is 0 Å². The van der Waals surface area contributed by atoms with E-state index in [1.54, 1.807) is 7.11 Å². The first-order valence-corrected chi connectivity index (χ1v) is 5.43. The van der Waals surface area contributed by atoms with E-state index < -0.39 is 0 Å². The number of rotatable bonds is 6. The van der Waals surface area contributed by atoms with Crippen LogP contribution in [0.1, 0.15) is 32.1 Å². The lowest BCUT2D eigenvalue weighted by Crippen LogP contribution is -2.39. The summed E-state index contributed by atoms with van der Waals surface area (Å²) in [5.41, 5.74) is 2.76.